The lowest BCUT2D eigenvalue weighted by Gasteiger charge is -2.23. The number of ether oxygens (including phenoxy) is 2. The first kappa shape index (κ1) is 14.5. The predicted molar refractivity (Wildman–Crippen MR) is 84.2 cm³/mol. The van der Waals surface area contributed by atoms with Crippen molar-refractivity contribution in [2.24, 2.45) is 0 Å². The summed E-state index contributed by atoms with van der Waals surface area (Å²) in [5.74, 6) is 3.41. The molecule has 0 saturated heterocycles. The van der Waals surface area contributed by atoms with Crippen molar-refractivity contribution in [2.75, 3.05) is 20.3 Å². The van der Waals surface area contributed by atoms with Crippen LogP contribution in [0.2, 0.25) is 0 Å². The number of hydrogen-bond acceptors (Lipinski definition) is 4. The van der Waals surface area contributed by atoms with Crippen LogP contribution in [0.15, 0.2) is 27.1 Å². The number of furan rings is 1. The highest BCUT2D eigenvalue weighted by atomic mass is 79.9. The Balaban J connectivity index is 2.06. The Morgan fingerprint density at radius 2 is 1.71 bits per heavy atom. The second-order valence-electron chi connectivity index (χ2n) is 5.11. The molecule has 21 heavy (non-hydrogen) atoms. The highest BCUT2D eigenvalue weighted by molar-refractivity contribution is 9.10. The van der Waals surface area contributed by atoms with Gasteiger partial charge in [0.1, 0.15) is 24.7 Å². The van der Waals surface area contributed by atoms with E-state index in [2.05, 4.69) is 27.3 Å². The molecule has 0 saturated carbocycles. The second-order valence-corrected chi connectivity index (χ2v) is 5.96. The zero-order valence-corrected chi connectivity index (χ0v) is 13.9. The van der Waals surface area contributed by atoms with E-state index in [1.165, 1.54) is 0 Å². The van der Waals surface area contributed by atoms with Gasteiger partial charge >= 0.3 is 0 Å². The summed E-state index contributed by atoms with van der Waals surface area (Å²) in [4.78, 5) is 0. The third kappa shape index (κ3) is 2.68. The summed E-state index contributed by atoms with van der Waals surface area (Å²) in [6.07, 6.45) is 0. The second kappa shape index (κ2) is 5.73. The fourth-order valence-electron chi connectivity index (χ4n) is 2.72. The smallest absolute Gasteiger partial charge is 0.162 e. The van der Waals surface area contributed by atoms with E-state index in [4.69, 9.17) is 13.9 Å². The largest absolute Gasteiger partial charge is 0.486 e. The molecule has 1 aliphatic heterocycles. The van der Waals surface area contributed by atoms with Crippen molar-refractivity contribution >= 4 is 15.9 Å². The molecular weight excluding hydrogens is 334 g/mol. The fraction of sp³-hybridized carbons (Fsp3) is 0.375. The monoisotopic (exact) mass is 351 g/mol. The van der Waals surface area contributed by atoms with E-state index in [0.717, 1.165) is 38.6 Å². The minimum Gasteiger partial charge on any atom is -0.486 e. The number of hydrogen-bond donors (Lipinski definition) is 1. The molecule has 1 aromatic heterocycles. The summed E-state index contributed by atoms with van der Waals surface area (Å²) < 4.78 is 18.0. The van der Waals surface area contributed by atoms with Crippen LogP contribution in [0, 0.1) is 13.8 Å². The van der Waals surface area contributed by atoms with Crippen molar-refractivity contribution in [2.45, 2.75) is 19.9 Å². The maximum Gasteiger partial charge on any atom is 0.162 e. The number of fused-ring (bicyclic) bond motifs is 1. The number of halogens is 1. The van der Waals surface area contributed by atoms with Gasteiger partial charge in [0.25, 0.3) is 0 Å². The van der Waals surface area contributed by atoms with Crippen LogP contribution < -0.4 is 14.8 Å². The highest BCUT2D eigenvalue weighted by Crippen LogP contribution is 2.40. The molecule has 0 aliphatic carbocycles. The van der Waals surface area contributed by atoms with Crippen molar-refractivity contribution in [3.63, 3.8) is 0 Å². The van der Waals surface area contributed by atoms with E-state index in [1.807, 2.05) is 33.0 Å². The van der Waals surface area contributed by atoms with Gasteiger partial charge in [0.15, 0.2) is 11.5 Å². The molecule has 2 aromatic rings. The van der Waals surface area contributed by atoms with Crippen molar-refractivity contribution < 1.29 is 13.9 Å². The summed E-state index contributed by atoms with van der Waals surface area (Å²) in [6, 6.07) is 6.10. The molecule has 3 rings (SSSR count). The molecule has 2 heterocycles. The Kier molecular flexibility index (Phi) is 3.95. The van der Waals surface area contributed by atoms with Crippen LogP contribution in [-0.4, -0.2) is 20.3 Å². The van der Waals surface area contributed by atoms with Gasteiger partial charge in [-0.3, -0.25) is 0 Å². The molecule has 112 valence electrons. The van der Waals surface area contributed by atoms with Gasteiger partial charge in [-0.25, -0.2) is 0 Å². The first-order valence-electron chi connectivity index (χ1n) is 6.93. The lowest BCUT2D eigenvalue weighted by molar-refractivity contribution is 0.171. The lowest BCUT2D eigenvalue weighted by Crippen LogP contribution is -2.20. The third-order valence-electron chi connectivity index (χ3n) is 3.65. The molecule has 0 amide bonds. The topological polar surface area (TPSA) is 43.6 Å². The molecule has 4 nitrogen and oxygen atoms in total. The molecule has 1 aliphatic rings. The fourth-order valence-corrected chi connectivity index (χ4v) is 3.27. The van der Waals surface area contributed by atoms with E-state index < -0.39 is 0 Å². The average Bonchev–Trinajstić information content (AvgIpc) is 2.79. The minimum atomic E-state index is 0.0349. The quantitative estimate of drug-likeness (QED) is 0.914. The molecule has 0 bridgehead atoms. The average molecular weight is 352 g/mol. The Hall–Kier alpha value is -1.46. The molecule has 1 atom stereocenters. The van der Waals surface area contributed by atoms with Crippen molar-refractivity contribution in [3.8, 4) is 11.5 Å². The number of rotatable bonds is 3. The molecule has 1 N–H and O–H groups in total. The maximum absolute atomic E-state index is 5.69. The maximum atomic E-state index is 5.69. The Morgan fingerprint density at radius 3 is 2.29 bits per heavy atom. The van der Waals surface area contributed by atoms with Gasteiger partial charge in [-0.1, -0.05) is 15.9 Å². The summed E-state index contributed by atoms with van der Waals surface area (Å²) in [7, 11) is 1.94. The van der Waals surface area contributed by atoms with Crippen LogP contribution >= 0.6 is 15.9 Å². The first-order valence-corrected chi connectivity index (χ1v) is 7.72. The molecule has 1 unspecified atom stereocenters. The zero-order chi connectivity index (χ0) is 15.0. The van der Waals surface area contributed by atoms with Gasteiger partial charge < -0.3 is 19.2 Å². The van der Waals surface area contributed by atoms with Crippen LogP contribution in [0.5, 0.6) is 11.5 Å². The van der Waals surface area contributed by atoms with Gasteiger partial charge in [-0.2, -0.15) is 0 Å². The molecular formula is C16H18BrNO3. The third-order valence-corrected chi connectivity index (χ3v) is 4.34. The molecule has 0 spiro atoms. The van der Waals surface area contributed by atoms with E-state index in [9.17, 15) is 0 Å². The molecule has 1 aromatic carbocycles. The zero-order valence-electron chi connectivity index (χ0n) is 12.3. The minimum absolute atomic E-state index is 0.0349. The first-order chi connectivity index (χ1) is 10.1. The predicted octanol–water partition coefficient (Wildman–Crippen LogP) is 3.74. The van der Waals surface area contributed by atoms with Gasteiger partial charge in [0, 0.05) is 10.0 Å². The van der Waals surface area contributed by atoms with Crippen LogP contribution in [0.4, 0.5) is 0 Å². The van der Waals surface area contributed by atoms with Crippen molar-refractivity contribution in [1.82, 2.24) is 5.32 Å². The summed E-state index contributed by atoms with van der Waals surface area (Å²) in [5.41, 5.74) is 2.23. The van der Waals surface area contributed by atoms with Crippen LogP contribution in [0.3, 0.4) is 0 Å². The van der Waals surface area contributed by atoms with Gasteiger partial charge in [-0.05, 0) is 44.7 Å². The lowest BCUT2D eigenvalue weighted by atomic mass is 9.98. The van der Waals surface area contributed by atoms with Crippen LogP contribution in [0.25, 0.3) is 0 Å². The van der Waals surface area contributed by atoms with Crippen LogP contribution in [-0.2, 0) is 0 Å². The summed E-state index contributed by atoms with van der Waals surface area (Å²) in [6.45, 7) is 5.12. The number of benzene rings is 1. The summed E-state index contributed by atoms with van der Waals surface area (Å²) in [5, 5.41) is 3.35. The van der Waals surface area contributed by atoms with Gasteiger partial charge in [0.2, 0.25) is 0 Å². The number of nitrogens with one attached hydrogen (secondary N) is 1. The highest BCUT2D eigenvalue weighted by Gasteiger charge is 2.23. The molecule has 0 fully saturated rings. The van der Waals surface area contributed by atoms with Gasteiger partial charge in [-0.15, -0.1) is 0 Å². The van der Waals surface area contributed by atoms with E-state index in [-0.39, 0.29) is 6.04 Å². The Morgan fingerprint density at radius 1 is 1.05 bits per heavy atom. The Bertz CT molecular complexity index is 666. The van der Waals surface area contributed by atoms with E-state index in [0.29, 0.717) is 13.2 Å². The van der Waals surface area contributed by atoms with Crippen molar-refractivity contribution in [3.05, 3.63) is 45.3 Å². The van der Waals surface area contributed by atoms with Crippen LogP contribution in [0.1, 0.15) is 28.7 Å². The van der Waals surface area contributed by atoms with Gasteiger partial charge in [0.05, 0.1) is 6.04 Å². The normalized spacial score (nSPS) is 15.0. The van der Waals surface area contributed by atoms with E-state index in [1.54, 1.807) is 0 Å². The number of aryl methyl sites for hydroxylation is 2. The Labute approximate surface area is 132 Å². The van der Waals surface area contributed by atoms with E-state index >= 15 is 0 Å². The molecule has 0 radical (unpaired) electrons. The molecule has 5 heteroatoms. The summed E-state index contributed by atoms with van der Waals surface area (Å²) >= 11 is 3.64. The SMILES string of the molecule is CNC(c1cc2c(cc1Br)OCCO2)c1cc(C)oc1C. The van der Waals surface area contributed by atoms with Crippen molar-refractivity contribution in [1.29, 1.82) is 0 Å². The standard InChI is InChI=1S/C16H18BrNO3/c1-9-6-11(10(2)21-9)16(18-3)12-7-14-15(8-13(12)17)20-5-4-19-14/h6-8,16,18H,4-5H2,1-3H3.